The molecule has 1 unspecified atom stereocenters. The molecular weight excluding hydrogens is 407 g/mol. The molecule has 16 heavy (non-hydrogen) atoms. The minimum atomic E-state index is -2.40. The van der Waals surface area contributed by atoms with E-state index in [0.29, 0.717) is 0 Å². The predicted molar refractivity (Wildman–Crippen MR) is 52.2 cm³/mol. The van der Waals surface area contributed by atoms with Crippen molar-refractivity contribution in [2.45, 2.75) is 24.0 Å². The van der Waals surface area contributed by atoms with Gasteiger partial charge in [0.1, 0.15) is 0 Å². The average Bonchev–Trinajstić information content (AvgIpc) is 2.41. The molecular formula is C6H9BFN3O3PW+. The van der Waals surface area contributed by atoms with Crippen LogP contribution in [0, 0.1) is 0 Å². The van der Waals surface area contributed by atoms with Gasteiger partial charge in [0.25, 0.3) is 0 Å². The van der Waals surface area contributed by atoms with E-state index in [1.807, 2.05) is 6.66 Å². The number of alkyl halides is 1. The van der Waals surface area contributed by atoms with Crippen molar-refractivity contribution >= 4 is 13.6 Å². The van der Waals surface area contributed by atoms with E-state index < -0.39 is 36.4 Å². The summed E-state index contributed by atoms with van der Waals surface area (Å²) in [6.45, 7) is 1.41. The van der Waals surface area contributed by atoms with Crippen LogP contribution in [0.15, 0.2) is 5.11 Å². The van der Waals surface area contributed by atoms with Gasteiger partial charge < -0.3 is 0 Å². The zero-order valence-corrected chi connectivity index (χ0v) is 12.2. The quantitative estimate of drug-likeness (QED) is 0.241. The first-order chi connectivity index (χ1) is 7.40. The van der Waals surface area contributed by atoms with Gasteiger partial charge in [-0.05, 0) is 0 Å². The molecule has 0 bridgehead atoms. The second kappa shape index (κ2) is 5.68. The molecule has 2 radical (unpaired) electrons. The van der Waals surface area contributed by atoms with Gasteiger partial charge in [-0.3, -0.25) is 0 Å². The first kappa shape index (κ1) is 14.2. The van der Waals surface area contributed by atoms with Crippen LogP contribution in [0.1, 0.15) is 0 Å². The van der Waals surface area contributed by atoms with Crippen molar-refractivity contribution in [3.8, 4) is 0 Å². The van der Waals surface area contributed by atoms with Crippen molar-refractivity contribution in [1.82, 2.24) is 0 Å². The monoisotopic (exact) mass is 416 g/mol. The van der Waals surface area contributed by atoms with Crippen molar-refractivity contribution in [2.75, 3.05) is 13.3 Å². The molecule has 0 aromatic rings. The molecule has 1 aliphatic heterocycles. The molecule has 0 aromatic heterocycles. The maximum absolute atomic E-state index is 14.0. The van der Waals surface area contributed by atoms with Crippen LogP contribution in [0.3, 0.4) is 0 Å². The van der Waals surface area contributed by atoms with Crippen molar-refractivity contribution in [3.05, 3.63) is 10.4 Å². The number of nitrogens with zero attached hydrogens (tertiary/aromatic N) is 3. The molecule has 1 fully saturated rings. The van der Waals surface area contributed by atoms with Gasteiger partial charge in [0.05, 0.1) is 0 Å². The molecule has 1 saturated heterocycles. The molecule has 0 aliphatic carbocycles. The number of hydrogen-bond donors (Lipinski definition) is 1. The van der Waals surface area contributed by atoms with Crippen molar-refractivity contribution < 1.29 is 37.6 Å². The second-order valence-electron chi connectivity index (χ2n) is 3.22. The van der Waals surface area contributed by atoms with E-state index in [2.05, 4.69) is 10.0 Å². The van der Waals surface area contributed by atoms with Crippen LogP contribution in [-0.2, 0) is 28.1 Å². The number of aliphatic hydroxyl groups excluding tert-OH is 1. The van der Waals surface area contributed by atoms with Crippen LogP contribution in [-0.4, -0.2) is 50.2 Å². The Bertz CT molecular complexity index is 345. The van der Waals surface area contributed by atoms with Crippen LogP contribution >= 0.6 is 5.78 Å². The maximum atomic E-state index is 14.0. The van der Waals surface area contributed by atoms with Gasteiger partial charge in [-0.25, -0.2) is 0 Å². The molecule has 6 nitrogen and oxygen atoms in total. The summed E-state index contributed by atoms with van der Waals surface area (Å²) in [6.07, 6.45) is -1.61. The number of ether oxygens (including phenoxy) is 1. The van der Waals surface area contributed by atoms with Crippen LogP contribution in [0.4, 0.5) is 4.39 Å². The fourth-order valence-electron chi connectivity index (χ4n) is 1.29. The molecule has 1 N–H and O–H groups in total. The van der Waals surface area contributed by atoms with E-state index in [4.69, 9.17) is 22.6 Å². The van der Waals surface area contributed by atoms with Gasteiger partial charge in [0, 0.05) is 0 Å². The van der Waals surface area contributed by atoms with Gasteiger partial charge in [0.2, 0.25) is 0 Å². The number of azide groups is 1. The normalized spacial score (nSPS) is 39.2. The molecule has 0 aromatic carbocycles. The molecule has 1 rings (SSSR count). The number of halogens is 1. The van der Waals surface area contributed by atoms with Crippen molar-refractivity contribution in [3.63, 3.8) is 0 Å². The van der Waals surface area contributed by atoms with Gasteiger partial charge >= 0.3 is 104 Å². The van der Waals surface area contributed by atoms with E-state index in [9.17, 15) is 9.50 Å². The Balaban J connectivity index is 2.75. The fraction of sp³-hybridized carbons (Fsp3) is 1.00. The molecule has 86 valence electrons. The van der Waals surface area contributed by atoms with E-state index >= 15 is 0 Å². The Kier molecular flexibility index (Phi) is 5.05. The standard InChI is InChI=1S/C6H9BFN3O3P.W/c1-15-13-2-6(8)4(12)3(10-11-9)5(7)14-6;/h3-5,12H,2H2,1H3;/q-1;+2/t3-,4+,5-,6-;/m1./s1. The first-order valence-corrected chi connectivity index (χ1v) is 9.85. The first-order valence-electron chi connectivity index (χ1n) is 4.29. The summed E-state index contributed by atoms with van der Waals surface area (Å²) in [6, 6.07) is -2.29. The Labute approximate surface area is 104 Å². The summed E-state index contributed by atoms with van der Waals surface area (Å²) in [5.41, 5.74) is 8.24. The molecule has 10 heteroatoms. The average molecular weight is 416 g/mol. The van der Waals surface area contributed by atoms with Gasteiger partial charge in [-0.15, -0.1) is 0 Å². The van der Waals surface area contributed by atoms with E-state index in [1.165, 1.54) is 18.8 Å². The third-order valence-corrected chi connectivity index (χ3v) is 3.69. The summed E-state index contributed by atoms with van der Waals surface area (Å²) < 4.78 is 23.9. The number of aliphatic hydroxyl groups is 1. The third-order valence-electron chi connectivity index (χ3n) is 2.06. The molecule has 0 spiro atoms. The summed E-state index contributed by atoms with van der Waals surface area (Å²) in [4.78, 5) is 2.48. The Morgan fingerprint density at radius 2 is 2.50 bits per heavy atom. The molecule has 1 aliphatic rings. The fourth-order valence-corrected chi connectivity index (χ4v) is 2.21. The van der Waals surface area contributed by atoms with Crippen LogP contribution in [0.5, 0.6) is 0 Å². The van der Waals surface area contributed by atoms with E-state index in [0.717, 1.165) is 0 Å². The van der Waals surface area contributed by atoms with Crippen LogP contribution in [0.25, 0.3) is 10.4 Å². The summed E-state index contributed by atoms with van der Waals surface area (Å²) in [5.74, 6) is -3.09. The summed E-state index contributed by atoms with van der Waals surface area (Å²) in [5, 5.41) is 12.8. The summed E-state index contributed by atoms with van der Waals surface area (Å²) in [7, 11) is 5.41. The molecule has 5 atom stereocenters. The molecule has 1 heterocycles. The van der Waals surface area contributed by atoms with Gasteiger partial charge in [-0.1, -0.05) is 0 Å². The van der Waals surface area contributed by atoms with E-state index in [-0.39, 0.29) is 0 Å². The zero-order valence-electron chi connectivity index (χ0n) is 8.36. The topological polar surface area (TPSA) is 87.5 Å². The van der Waals surface area contributed by atoms with Crippen LogP contribution in [0.2, 0.25) is 0 Å². The zero-order chi connectivity index (χ0) is 12.3. The van der Waals surface area contributed by atoms with Gasteiger partial charge in [0.15, 0.2) is 0 Å². The second-order valence-corrected chi connectivity index (χ2v) is 9.90. The van der Waals surface area contributed by atoms with E-state index in [1.54, 1.807) is 0 Å². The predicted octanol–water partition coefficient (Wildman–Crippen LogP) is 0.722. The Morgan fingerprint density at radius 1 is 1.88 bits per heavy atom. The SMILES string of the molecule is [B][C@@H]1O[C@](F)(CO[P+](C)=[W])[C@@H](O)[C@H]1N=[N+]=[N-]. The summed E-state index contributed by atoms with van der Waals surface area (Å²) >= 11 is 1.19. The Morgan fingerprint density at radius 3 is 3.00 bits per heavy atom. The molecule has 0 saturated carbocycles. The Hall–Kier alpha value is 0.173. The van der Waals surface area contributed by atoms with Crippen molar-refractivity contribution in [2.24, 2.45) is 5.11 Å². The minimum absolute atomic E-state index is 0.412. The number of hydrogen-bond acceptors (Lipinski definition) is 4. The number of rotatable bonds is 4. The van der Waals surface area contributed by atoms with Crippen LogP contribution < -0.4 is 0 Å². The van der Waals surface area contributed by atoms with Crippen molar-refractivity contribution in [1.29, 1.82) is 0 Å². The third kappa shape index (κ3) is 3.10. The molecule has 0 amide bonds. The van der Waals surface area contributed by atoms with Gasteiger partial charge in [-0.2, -0.15) is 0 Å².